The monoisotopic (exact) mass is 326 g/mol. The van der Waals surface area contributed by atoms with Gasteiger partial charge in [0.25, 0.3) is 0 Å². The summed E-state index contributed by atoms with van der Waals surface area (Å²) in [5.74, 6) is 0.468. The van der Waals surface area contributed by atoms with Gasteiger partial charge in [-0.2, -0.15) is 0 Å². The molecule has 0 saturated carbocycles. The Morgan fingerprint density at radius 3 is 2.17 bits per heavy atom. The average Bonchev–Trinajstić information content (AvgIpc) is 2.51. The Balaban J connectivity index is 2.16. The maximum atomic E-state index is 11.2. The molecule has 2 rings (SSSR count). The first-order chi connectivity index (χ1) is 11.3. The molecule has 1 unspecified atom stereocenters. The number of hydrogen-bond donors (Lipinski definition) is 1. The van der Waals surface area contributed by atoms with E-state index in [1.807, 2.05) is 20.8 Å². The number of rotatable bonds is 6. The van der Waals surface area contributed by atoms with E-state index in [0.29, 0.717) is 11.5 Å². The van der Waals surface area contributed by atoms with Gasteiger partial charge in [0.1, 0.15) is 11.9 Å². The molecule has 2 aromatic carbocycles. The Labute approximate surface area is 144 Å². The Morgan fingerprint density at radius 2 is 1.62 bits per heavy atom. The molecule has 3 nitrogen and oxygen atoms in total. The zero-order chi connectivity index (χ0) is 17.9. The molecule has 0 amide bonds. The standard InChI is InChI=1S/C21H26O3/c1-13(2)12-17-6-8-18(9-7-17)16(5)24-20-11-10-19(21(22)23)14(3)15(20)4/h6-11,13,16H,12H2,1-5H3,(H,22,23). The van der Waals surface area contributed by atoms with Crippen LogP contribution in [-0.2, 0) is 6.42 Å². The third-order valence-corrected chi connectivity index (χ3v) is 4.36. The lowest BCUT2D eigenvalue weighted by Crippen LogP contribution is -2.07. The Morgan fingerprint density at radius 1 is 1.00 bits per heavy atom. The van der Waals surface area contributed by atoms with Crippen molar-refractivity contribution in [2.45, 2.75) is 47.1 Å². The molecule has 0 fully saturated rings. The number of benzene rings is 2. The predicted molar refractivity (Wildman–Crippen MR) is 96.9 cm³/mol. The Kier molecular flexibility index (Phi) is 5.66. The number of ether oxygens (including phenoxy) is 1. The number of carboxylic acid groups (broad SMARTS) is 1. The number of carboxylic acids is 1. The van der Waals surface area contributed by atoms with E-state index in [4.69, 9.17) is 4.74 Å². The van der Waals surface area contributed by atoms with E-state index < -0.39 is 5.97 Å². The number of carbonyl (C=O) groups is 1. The number of aromatic carboxylic acids is 1. The molecule has 0 bridgehead atoms. The lowest BCUT2D eigenvalue weighted by molar-refractivity contribution is 0.0696. The largest absolute Gasteiger partial charge is 0.486 e. The molecule has 0 aliphatic rings. The van der Waals surface area contributed by atoms with Gasteiger partial charge in [0, 0.05) is 0 Å². The normalized spacial score (nSPS) is 12.2. The molecule has 2 aromatic rings. The van der Waals surface area contributed by atoms with Gasteiger partial charge in [-0.05, 0) is 67.5 Å². The molecule has 3 heteroatoms. The third-order valence-electron chi connectivity index (χ3n) is 4.36. The smallest absolute Gasteiger partial charge is 0.335 e. The third kappa shape index (κ3) is 4.16. The molecule has 128 valence electrons. The fourth-order valence-electron chi connectivity index (χ4n) is 2.81. The molecule has 0 radical (unpaired) electrons. The molecule has 24 heavy (non-hydrogen) atoms. The molecule has 1 atom stereocenters. The van der Waals surface area contributed by atoms with Crippen LogP contribution in [0.4, 0.5) is 0 Å². The summed E-state index contributed by atoms with van der Waals surface area (Å²) in [4.78, 5) is 11.2. The van der Waals surface area contributed by atoms with Crippen molar-refractivity contribution in [2.75, 3.05) is 0 Å². The Hall–Kier alpha value is -2.29. The topological polar surface area (TPSA) is 46.5 Å². The van der Waals surface area contributed by atoms with E-state index in [1.54, 1.807) is 12.1 Å². The van der Waals surface area contributed by atoms with Crippen LogP contribution in [0.1, 0.15) is 59.5 Å². The highest BCUT2D eigenvalue weighted by molar-refractivity contribution is 5.90. The van der Waals surface area contributed by atoms with Crippen LogP contribution in [0, 0.1) is 19.8 Å². The summed E-state index contributed by atoms with van der Waals surface area (Å²) >= 11 is 0. The minimum atomic E-state index is -0.907. The fourth-order valence-corrected chi connectivity index (χ4v) is 2.81. The van der Waals surface area contributed by atoms with Gasteiger partial charge in [-0.15, -0.1) is 0 Å². The molecule has 1 N–H and O–H groups in total. The first kappa shape index (κ1) is 18.1. The molecule has 0 spiro atoms. The van der Waals surface area contributed by atoms with Gasteiger partial charge in [-0.3, -0.25) is 0 Å². The molecular weight excluding hydrogens is 300 g/mol. The molecule has 0 saturated heterocycles. The summed E-state index contributed by atoms with van der Waals surface area (Å²) in [6.45, 7) is 10.2. The van der Waals surface area contributed by atoms with Crippen LogP contribution in [0.25, 0.3) is 0 Å². The van der Waals surface area contributed by atoms with Gasteiger partial charge in [-0.25, -0.2) is 4.79 Å². The van der Waals surface area contributed by atoms with Gasteiger partial charge in [0.05, 0.1) is 5.56 Å². The van der Waals surface area contributed by atoms with Crippen LogP contribution in [0.15, 0.2) is 36.4 Å². The summed E-state index contributed by atoms with van der Waals surface area (Å²) in [6, 6.07) is 11.9. The van der Waals surface area contributed by atoms with Gasteiger partial charge in [0.15, 0.2) is 0 Å². The Bertz CT molecular complexity index is 715. The zero-order valence-electron chi connectivity index (χ0n) is 15.1. The van der Waals surface area contributed by atoms with Crippen molar-refractivity contribution in [3.05, 3.63) is 64.2 Å². The highest BCUT2D eigenvalue weighted by atomic mass is 16.5. The second-order valence-corrected chi connectivity index (χ2v) is 6.77. The van der Waals surface area contributed by atoms with Crippen LogP contribution in [-0.4, -0.2) is 11.1 Å². The first-order valence-corrected chi connectivity index (χ1v) is 8.38. The molecule has 0 aromatic heterocycles. The van der Waals surface area contributed by atoms with E-state index >= 15 is 0 Å². The summed E-state index contributed by atoms with van der Waals surface area (Å²) in [5.41, 5.74) is 4.39. The van der Waals surface area contributed by atoms with E-state index in [2.05, 4.69) is 38.1 Å². The summed E-state index contributed by atoms with van der Waals surface area (Å²) < 4.78 is 6.07. The highest BCUT2D eigenvalue weighted by Gasteiger charge is 2.15. The van der Waals surface area contributed by atoms with Crippen LogP contribution >= 0.6 is 0 Å². The van der Waals surface area contributed by atoms with Crippen molar-refractivity contribution in [2.24, 2.45) is 5.92 Å². The van der Waals surface area contributed by atoms with E-state index in [-0.39, 0.29) is 6.10 Å². The van der Waals surface area contributed by atoms with Gasteiger partial charge >= 0.3 is 5.97 Å². The quantitative estimate of drug-likeness (QED) is 0.779. The van der Waals surface area contributed by atoms with Crippen LogP contribution in [0.2, 0.25) is 0 Å². The molecule has 0 heterocycles. The summed E-state index contributed by atoms with van der Waals surface area (Å²) in [6.07, 6.45) is 0.983. The second-order valence-electron chi connectivity index (χ2n) is 6.77. The first-order valence-electron chi connectivity index (χ1n) is 8.38. The zero-order valence-corrected chi connectivity index (χ0v) is 15.1. The predicted octanol–water partition coefficient (Wildman–Crippen LogP) is 5.34. The minimum absolute atomic E-state index is 0.0909. The van der Waals surface area contributed by atoms with Crippen LogP contribution in [0.5, 0.6) is 5.75 Å². The molecule has 0 aliphatic heterocycles. The van der Waals surface area contributed by atoms with Crippen LogP contribution in [0.3, 0.4) is 0 Å². The fraction of sp³-hybridized carbons (Fsp3) is 0.381. The minimum Gasteiger partial charge on any atom is -0.486 e. The van der Waals surface area contributed by atoms with Crippen molar-refractivity contribution >= 4 is 5.97 Å². The van der Waals surface area contributed by atoms with E-state index in [0.717, 1.165) is 28.9 Å². The van der Waals surface area contributed by atoms with E-state index in [9.17, 15) is 9.90 Å². The van der Waals surface area contributed by atoms with Gasteiger partial charge < -0.3 is 9.84 Å². The maximum Gasteiger partial charge on any atom is 0.335 e. The highest BCUT2D eigenvalue weighted by Crippen LogP contribution is 2.29. The van der Waals surface area contributed by atoms with Crippen molar-refractivity contribution in [3.63, 3.8) is 0 Å². The van der Waals surface area contributed by atoms with Crippen molar-refractivity contribution < 1.29 is 14.6 Å². The summed E-state index contributed by atoms with van der Waals surface area (Å²) in [5, 5.41) is 9.19. The number of hydrogen-bond acceptors (Lipinski definition) is 2. The average molecular weight is 326 g/mol. The summed E-state index contributed by atoms with van der Waals surface area (Å²) in [7, 11) is 0. The SMILES string of the molecule is Cc1c(OC(C)c2ccc(CC(C)C)cc2)ccc(C(=O)O)c1C. The van der Waals surface area contributed by atoms with Crippen molar-refractivity contribution in [3.8, 4) is 5.75 Å². The second kappa shape index (κ2) is 7.52. The molecular formula is C21H26O3. The van der Waals surface area contributed by atoms with Gasteiger partial charge in [0.2, 0.25) is 0 Å². The van der Waals surface area contributed by atoms with E-state index in [1.165, 1.54) is 5.56 Å². The lowest BCUT2D eigenvalue weighted by Gasteiger charge is -2.19. The lowest BCUT2D eigenvalue weighted by atomic mass is 10.00. The van der Waals surface area contributed by atoms with Gasteiger partial charge in [-0.1, -0.05) is 38.1 Å². The van der Waals surface area contributed by atoms with Crippen molar-refractivity contribution in [1.82, 2.24) is 0 Å². The molecule has 0 aliphatic carbocycles. The van der Waals surface area contributed by atoms with Crippen LogP contribution < -0.4 is 4.74 Å². The maximum absolute atomic E-state index is 11.2. The van der Waals surface area contributed by atoms with Crippen molar-refractivity contribution in [1.29, 1.82) is 0 Å².